The van der Waals surface area contributed by atoms with E-state index in [2.05, 4.69) is 21.1 Å². The van der Waals surface area contributed by atoms with Crippen molar-refractivity contribution in [3.63, 3.8) is 0 Å². The quantitative estimate of drug-likeness (QED) is 0.646. The van der Waals surface area contributed by atoms with Crippen LogP contribution >= 0.6 is 0 Å². The lowest BCUT2D eigenvalue weighted by molar-refractivity contribution is 0.00159. The maximum atomic E-state index is 12.9. The lowest BCUT2D eigenvalue weighted by atomic mass is 10.1. The molecule has 2 amide bonds. The number of nitrogens with one attached hydrogen (secondary N) is 2. The fourth-order valence-electron chi connectivity index (χ4n) is 4.55. The highest BCUT2D eigenvalue weighted by Crippen LogP contribution is 2.36. The van der Waals surface area contributed by atoms with Gasteiger partial charge in [-0.05, 0) is 49.7 Å². The first-order chi connectivity index (χ1) is 15.5. The van der Waals surface area contributed by atoms with E-state index in [4.69, 9.17) is 20.9 Å². The Hall–Kier alpha value is -3.10. The van der Waals surface area contributed by atoms with Crippen molar-refractivity contribution in [1.29, 1.82) is 0 Å². The second-order valence-electron chi connectivity index (χ2n) is 8.05. The van der Waals surface area contributed by atoms with Gasteiger partial charge in [-0.3, -0.25) is 4.98 Å². The Labute approximate surface area is 185 Å². The first-order valence-corrected chi connectivity index (χ1v) is 12.1. The monoisotopic (exact) mass is 457 g/mol. The lowest BCUT2D eigenvalue weighted by Crippen LogP contribution is -2.36. The van der Waals surface area contributed by atoms with E-state index in [0.29, 0.717) is 6.54 Å². The molecule has 2 aromatic rings. The van der Waals surface area contributed by atoms with Crippen LogP contribution in [0.1, 0.15) is 35.4 Å². The predicted octanol–water partition coefficient (Wildman–Crippen LogP) is 1.18. The maximum Gasteiger partial charge on any atom is 0.333 e. The molecule has 5 rings (SSSR count). The van der Waals surface area contributed by atoms with E-state index < -0.39 is 16.1 Å². The van der Waals surface area contributed by atoms with Gasteiger partial charge >= 0.3 is 6.03 Å². The van der Waals surface area contributed by atoms with Gasteiger partial charge in [0.2, 0.25) is 5.88 Å². The van der Waals surface area contributed by atoms with Crippen LogP contribution in [0.3, 0.4) is 0 Å². The number of rotatable bonds is 5. The first kappa shape index (κ1) is 20.8. The van der Waals surface area contributed by atoms with Gasteiger partial charge in [0.15, 0.2) is 4.90 Å². The third-order valence-electron chi connectivity index (χ3n) is 5.95. The Morgan fingerprint density at radius 2 is 1.97 bits per heavy atom. The number of anilines is 1. The zero-order valence-electron chi connectivity index (χ0n) is 17.4. The Morgan fingerprint density at radius 1 is 1.25 bits per heavy atom. The molecule has 0 spiro atoms. The fraction of sp³-hybridized carbons (Fsp3) is 0.476. The third kappa shape index (κ3) is 3.69. The van der Waals surface area contributed by atoms with E-state index in [-0.39, 0.29) is 30.1 Å². The van der Waals surface area contributed by atoms with Gasteiger partial charge in [-0.1, -0.05) is 5.92 Å². The third-order valence-corrected chi connectivity index (χ3v) is 7.26. The molecule has 1 atom stereocenters. The molecule has 0 aromatic carbocycles. The van der Waals surface area contributed by atoms with E-state index in [1.54, 1.807) is 0 Å². The van der Waals surface area contributed by atoms with E-state index in [9.17, 15) is 13.2 Å². The van der Waals surface area contributed by atoms with E-state index in [0.717, 1.165) is 72.9 Å². The Bertz CT molecular complexity index is 1200. The van der Waals surface area contributed by atoms with Crippen LogP contribution in [0.5, 0.6) is 5.88 Å². The molecule has 0 saturated heterocycles. The summed E-state index contributed by atoms with van der Waals surface area (Å²) in [6, 6.07) is -0.814. The van der Waals surface area contributed by atoms with Crippen LogP contribution in [0.25, 0.3) is 0 Å². The number of hydrogen-bond acceptors (Lipinski definition) is 7. The van der Waals surface area contributed by atoms with Gasteiger partial charge < -0.3 is 14.8 Å². The molecule has 32 heavy (non-hydrogen) atoms. The fourth-order valence-corrected chi connectivity index (χ4v) is 5.54. The summed E-state index contributed by atoms with van der Waals surface area (Å²) in [6.45, 7) is 0.561. The number of hydrogen-bond donors (Lipinski definition) is 2. The van der Waals surface area contributed by atoms with Crippen LogP contribution in [-0.4, -0.2) is 48.5 Å². The summed E-state index contributed by atoms with van der Waals surface area (Å²) in [4.78, 5) is 17.3. The minimum atomic E-state index is -4.20. The van der Waals surface area contributed by atoms with Crippen LogP contribution in [0.2, 0.25) is 0 Å². The van der Waals surface area contributed by atoms with Crippen LogP contribution in [0.15, 0.2) is 11.1 Å². The van der Waals surface area contributed by atoms with E-state index in [1.807, 2.05) is 0 Å². The summed E-state index contributed by atoms with van der Waals surface area (Å²) in [5, 5.41) is 6.86. The number of carbonyl (C=O) groups is 1. The molecule has 3 aliphatic rings. The summed E-state index contributed by atoms with van der Waals surface area (Å²) < 4.78 is 40.3. The normalized spacial score (nSPS) is 18.8. The number of pyridine rings is 1. The van der Waals surface area contributed by atoms with Gasteiger partial charge in [-0.25, -0.2) is 22.6 Å². The molecule has 1 aliphatic heterocycles. The molecular formula is C21H23N5O5S. The summed E-state index contributed by atoms with van der Waals surface area (Å²) in [5.74, 6) is 2.45. The molecule has 11 heteroatoms. The number of urea groups is 1. The summed E-state index contributed by atoms with van der Waals surface area (Å²) in [7, 11) is -4.20. The highest BCUT2D eigenvalue weighted by Gasteiger charge is 2.32. The molecule has 1 unspecified atom stereocenters. The molecule has 10 nitrogen and oxygen atoms in total. The first-order valence-electron chi connectivity index (χ1n) is 10.6. The van der Waals surface area contributed by atoms with Crippen molar-refractivity contribution in [2.75, 3.05) is 18.5 Å². The molecule has 168 valence electrons. The summed E-state index contributed by atoms with van der Waals surface area (Å²) >= 11 is 0. The molecule has 2 N–H and O–H groups in total. The molecule has 2 aliphatic carbocycles. The van der Waals surface area contributed by atoms with E-state index in [1.165, 1.54) is 4.68 Å². The molecule has 0 radical (unpaired) electrons. The number of fused-ring (bicyclic) bond motifs is 3. The number of terminal acetylenes is 1. The Kier molecular flexibility index (Phi) is 5.27. The largest absolute Gasteiger partial charge is 0.474 e. The highest BCUT2D eigenvalue weighted by atomic mass is 32.2. The van der Waals surface area contributed by atoms with Crippen molar-refractivity contribution >= 4 is 21.7 Å². The van der Waals surface area contributed by atoms with E-state index >= 15 is 0 Å². The number of nitrogens with zero attached hydrogens (tertiary/aromatic N) is 3. The number of sulfonamides is 1. The summed E-state index contributed by atoms with van der Waals surface area (Å²) in [5.41, 5.74) is 4.76. The maximum absolute atomic E-state index is 12.9. The SMILES string of the molecule is C#CCOC1COc2c(S(=O)(=O)NC(=O)Nc3c4c(nc5c3CCC5)CCC4)cnn2C1. The second-order valence-corrected chi connectivity index (χ2v) is 9.70. The molecule has 2 aromatic heterocycles. The zero-order valence-corrected chi connectivity index (χ0v) is 18.2. The van der Waals surface area contributed by atoms with Gasteiger partial charge in [0.05, 0.1) is 18.4 Å². The highest BCUT2D eigenvalue weighted by molar-refractivity contribution is 7.90. The van der Waals surface area contributed by atoms with Gasteiger partial charge in [-0.15, -0.1) is 6.42 Å². The van der Waals surface area contributed by atoms with Crippen LogP contribution < -0.4 is 14.8 Å². The van der Waals surface area contributed by atoms with Crippen LogP contribution in [-0.2, 0) is 47.0 Å². The molecule has 0 fully saturated rings. The van der Waals surface area contributed by atoms with Gasteiger partial charge in [0.25, 0.3) is 10.0 Å². The minimum absolute atomic E-state index is 0.0663. The zero-order chi connectivity index (χ0) is 22.3. The van der Waals surface area contributed by atoms with Gasteiger partial charge in [0, 0.05) is 11.4 Å². The van der Waals surface area contributed by atoms with Crippen molar-refractivity contribution in [3.05, 3.63) is 28.7 Å². The Morgan fingerprint density at radius 3 is 2.66 bits per heavy atom. The minimum Gasteiger partial charge on any atom is -0.474 e. The average Bonchev–Trinajstić information content (AvgIpc) is 3.50. The van der Waals surface area contributed by atoms with Crippen molar-refractivity contribution < 1.29 is 22.7 Å². The molecule has 0 bridgehead atoms. The smallest absolute Gasteiger partial charge is 0.333 e. The standard InChI is InChI=1S/C21H23N5O5S/c1-2-9-30-13-11-26-20(31-12-13)18(10-22-26)32(28,29)25-21(27)24-19-14-5-3-7-16(14)23-17-8-4-6-15(17)19/h1,10,13H,3-9,11-12H2,(H2,23,24,25,27). The number of aryl methyl sites for hydroxylation is 2. The summed E-state index contributed by atoms with van der Waals surface area (Å²) in [6.07, 6.45) is 11.4. The lowest BCUT2D eigenvalue weighted by Gasteiger charge is -2.24. The molecule has 3 heterocycles. The molecular weight excluding hydrogens is 434 g/mol. The van der Waals surface area contributed by atoms with Gasteiger partial charge in [-0.2, -0.15) is 5.10 Å². The molecule has 0 saturated carbocycles. The van der Waals surface area contributed by atoms with Crippen molar-refractivity contribution in [2.24, 2.45) is 0 Å². The average molecular weight is 458 g/mol. The Balaban J connectivity index is 1.34. The second kappa shape index (κ2) is 8.11. The number of aromatic nitrogens is 3. The van der Waals surface area contributed by atoms with Crippen molar-refractivity contribution in [3.8, 4) is 18.2 Å². The van der Waals surface area contributed by atoms with Crippen molar-refractivity contribution in [2.45, 2.75) is 56.1 Å². The van der Waals surface area contributed by atoms with Gasteiger partial charge in [0.1, 0.15) is 19.3 Å². The van der Waals surface area contributed by atoms with Crippen molar-refractivity contribution in [1.82, 2.24) is 19.5 Å². The predicted molar refractivity (Wildman–Crippen MR) is 114 cm³/mol. The number of ether oxygens (including phenoxy) is 2. The van der Waals surface area contributed by atoms with Crippen LogP contribution in [0.4, 0.5) is 10.5 Å². The van der Waals surface area contributed by atoms with Crippen LogP contribution in [0, 0.1) is 12.3 Å². The number of carbonyl (C=O) groups excluding carboxylic acids is 1. The topological polar surface area (TPSA) is 124 Å². The number of amides is 2.